The summed E-state index contributed by atoms with van der Waals surface area (Å²) >= 11 is 0. The number of nitrogens with zero attached hydrogens (tertiary/aromatic N) is 3. The average molecular weight is 417 g/mol. The van der Waals surface area contributed by atoms with Crippen LogP contribution < -0.4 is 11.1 Å². The molecule has 4 N–H and O–H groups in total. The van der Waals surface area contributed by atoms with E-state index in [1.807, 2.05) is 37.3 Å². The first-order valence-corrected chi connectivity index (χ1v) is 9.48. The van der Waals surface area contributed by atoms with Gasteiger partial charge < -0.3 is 16.2 Å². The van der Waals surface area contributed by atoms with Crippen molar-refractivity contribution in [2.75, 3.05) is 5.32 Å². The molecule has 0 fully saturated rings. The van der Waals surface area contributed by atoms with Crippen molar-refractivity contribution in [3.8, 4) is 0 Å². The summed E-state index contributed by atoms with van der Waals surface area (Å²) in [7, 11) is 0. The molecule has 156 valence electrons. The second kappa shape index (κ2) is 8.33. The molecule has 4 aromatic rings. The standard InChI is InChI=1S/C22H19N5O4/c1-12-8-16(11-28)17-7-3-5-14(18(17)24-12)9-13-4-2-6-15(10-13)22(30)25-21-19(20(23)29)26-31-27-21/h2-8,10,28H,9,11H2,1H3,(H2,23,29)(H,25,27,30). The van der Waals surface area contributed by atoms with Gasteiger partial charge in [-0.1, -0.05) is 30.3 Å². The number of nitrogens with one attached hydrogen (secondary N) is 1. The smallest absolute Gasteiger partial charge is 0.274 e. The lowest BCUT2D eigenvalue weighted by Crippen LogP contribution is -2.18. The van der Waals surface area contributed by atoms with E-state index >= 15 is 0 Å². The topological polar surface area (TPSA) is 144 Å². The van der Waals surface area contributed by atoms with Gasteiger partial charge >= 0.3 is 0 Å². The van der Waals surface area contributed by atoms with Crippen LogP contribution in [0.5, 0.6) is 0 Å². The molecule has 2 amide bonds. The molecule has 2 aromatic carbocycles. The molecule has 0 unspecified atom stereocenters. The molecule has 0 aliphatic carbocycles. The fourth-order valence-electron chi connectivity index (χ4n) is 3.45. The molecule has 0 spiro atoms. The Hall–Kier alpha value is -4.11. The molecule has 0 aliphatic heterocycles. The summed E-state index contributed by atoms with van der Waals surface area (Å²) in [6.07, 6.45) is 0.540. The highest BCUT2D eigenvalue weighted by Gasteiger charge is 2.18. The number of carbonyl (C=O) groups excluding carboxylic acids is 2. The number of pyridine rings is 1. The van der Waals surface area contributed by atoms with Crippen molar-refractivity contribution in [3.05, 3.63) is 82.2 Å². The van der Waals surface area contributed by atoms with Crippen molar-refractivity contribution in [2.24, 2.45) is 5.73 Å². The van der Waals surface area contributed by atoms with Crippen molar-refractivity contribution >= 4 is 28.5 Å². The molecular weight excluding hydrogens is 398 g/mol. The number of fused-ring (bicyclic) bond motifs is 1. The van der Waals surface area contributed by atoms with E-state index in [4.69, 9.17) is 5.73 Å². The van der Waals surface area contributed by atoms with Gasteiger partial charge in [0.25, 0.3) is 11.8 Å². The molecule has 0 saturated carbocycles. The van der Waals surface area contributed by atoms with Gasteiger partial charge in [-0.3, -0.25) is 14.6 Å². The zero-order valence-corrected chi connectivity index (χ0v) is 16.6. The zero-order valence-electron chi connectivity index (χ0n) is 16.6. The Morgan fingerprint density at radius 1 is 1.10 bits per heavy atom. The molecule has 0 bridgehead atoms. The summed E-state index contributed by atoms with van der Waals surface area (Å²) < 4.78 is 4.48. The van der Waals surface area contributed by atoms with E-state index in [-0.39, 0.29) is 18.1 Å². The number of hydrogen-bond donors (Lipinski definition) is 3. The number of carbonyl (C=O) groups is 2. The van der Waals surface area contributed by atoms with Gasteiger partial charge in [0.2, 0.25) is 11.5 Å². The first kappa shape index (κ1) is 20.2. The van der Waals surface area contributed by atoms with Gasteiger partial charge in [0.1, 0.15) is 0 Å². The molecule has 0 aliphatic rings. The monoisotopic (exact) mass is 417 g/mol. The molecule has 9 nitrogen and oxygen atoms in total. The number of anilines is 1. The van der Waals surface area contributed by atoms with E-state index in [2.05, 4.69) is 25.2 Å². The number of hydrogen-bond acceptors (Lipinski definition) is 7. The number of aryl methyl sites for hydroxylation is 1. The first-order valence-electron chi connectivity index (χ1n) is 9.48. The van der Waals surface area contributed by atoms with Crippen LogP contribution in [0.3, 0.4) is 0 Å². The molecule has 2 heterocycles. The third-order valence-corrected chi connectivity index (χ3v) is 4.84. The molecule has 2 aromatic heterocycles. The van der Waals surface area contributed by atoms with Gasteiger partial charge in [0.05, 0.1) is 12.1 Å². The van der Waals surface area contributed by atoms with Crippen LogP contribution in [0.2, 0.25) is 0 Å². The third kappa shape index (κ3) is 4.12. The van der Waals surface area contributed by atoms with E-state index in [1.54, 1.807) is 18.2 Å². The second-order valence-corrected chi connectivity index (χ2v) is 7.05. The molecule has 4 rings (SSSR count). The largest absolute Gasteiger partial charge is 0.392 e. The first-order chi connectivity index (χ1) is 15.0. The summed E-state index contributed by atoms with van der Waals surface area (Å²) in [6.45, 7) is 1.82. The maximum absolute atomic E-state index is 12.6. The predicted molar refractivity (Wildman–Crippen MR) is 112 cm³/mol. The lowest BCUT2D eigenvalue weighted by molar-refractivity contribution is 0.0991. The average Bonchev–Trinajstić information content (AvgIpc) is 3.22. The van der Waals surface area contributed by atoms with Crippen molar-refractivity contribution in [1.29, 1.82) is 0 Å². The maximum Gasteiger partial charge on any atom is 0.274 e. The Kier molecular flexibility index (Phi) is 5.42. The molecule has 0 atom stereocenters. The normalized spacial score (nSPS) is 10.9. The number of aliphatic hydroxyl groups excluding tert-OH is 1. The lowest BCUT2D eigenvalue weighted by Gasteiger charge is -2.11. The number of aliphatic hydroxyl groups is 1. The Labute approximate surface area is 176 Å². The van der Waals surface area contributed by atoms with E-state index in [0.717, 1.165) is 33.3 Å². The van der Waals surface area contributed by atoms with Crippen LogP contribution >= 0.6 is 0 Å². The fraction of sp³-hybridized carbons (Fsp3) is 0.136. The maximum atomic E-state index is 12.6. The van der Waals surface area contributed by atoms with E-state index < -0.39 is 11.8 Å². The third-order valence-electron chi connectivity index (χ3n) is 4.84. The molecule has 0 radical (unpaired) electrons. The second-order valence-electron chi connectivity index (χ2n) is 7.05. The number of benzene rings is 2. The molecule has 9 heteroatoms. The van der Waals surface area contributed by atoms with Gasteiger partial charge in [0.15, 0.2) is 0 Å². The van der Waals surface area contributed by atoms with Gasteiger partial charge in [0, 0.05) is 16.6 Å². The van der Waals surface area contributed by atoms with Crippen molar-refractivity contribution in [2.45, 2.75) is 20.0 Å². The lowest BCUT2D eigenvalue weighted by atomic mass is 9.98. The summed E-state index contributed by atoms with van der Waals surface area (Å²) in [6, 6.07) is 14.8. The number of aromatic nitrogens is 3. The van der Waals surface area contributed by atoms with Crippen LogP contribution in [-0.2, 0) is 13.0 Å². The van der Waals surface area contributed by atoms with Gasteiger partial charge in [-0.2, -0.15) is 0 Å². The van der Waals surface area contributed by atoms with Crippen molar-refractivity contribution < 1.29 is 19.3 Å². The highest BCUT2D eigenvalue weighted by atomic mass is 16.6. The number of para-hydroxylation sites is 1. The summed E-state index contributed by atoms with van der Waals surface area (Å²) in [5.41, 5.74) is 9.64. The minimum absolute atomic E-state index is 0.0663. The highest BCUT2D eigenvalue weighted by Crippen LogP contribution is 2.24. The quantitative estimate of drug-likeness (QED) is 0.437. The van der Waals surface area contributed by atoms with Crippen LogP contribution in [0, 0.1) is 6.92 Å². The van der Waals surface area contributed by atoms with E-state index in [1.165, 1.54) is 0 Å². The van der Waals surface area contributed by atoms with Crippen molar-refractivity contribution in [3.63, 3.8) is 0 Å². The zero-order chi connectivity index (χ0) is 22.0. The summed E-state index contributed by atoms with van der Waals surface area (Å²) in [5, 5.41) is 20.0. The van der Waals surface area contributed by atoms with Gasteiger partial charge in [-0.15, -0.1) is 0 Å². The Morgan fingerprint density at radius 3 is 2.68 bits per heavy atom. The SMILES string of the molecule is Cc1cc(CO)c2cccc(Cc3cccc(C(=O)Nc4nonc4C(N)=O)c3)c2n1. The summed E-state index contributed by atoms with van der Waals surface area (Å²) in [4.78, 5) is 28.6. The number of rotatable bonds is 6. The summed E-state index contributed by atoms with van der Waals surface area (Å²) in [5.74, 6) is -1.46. The number of nitrogens with two attached hydrogens (primary N) is 1. The molecule has 0 saturated heterocycles. The highest BCUT2D eigenvalue weighted by molar-refractivity contribution is 6.07. The van der Waals surface area contributed by atoms with Crippen LogP contribution in [0.25, 0.3) is 10.9 Å². The molecule has 31 heavy (non-hydrogen) atoms. The fourth-order valence-corrected chi connectivity index (χ4v) is 3.45. The van der Waals surface area contributed by atoms with Gasteiger partial charge in [-0.05, 0) is 58.5 Å². The Bertz CT molecular complexity index is 1300. The van der Waals surface area contributed by atoms with Crippen LogP contribution in [0.4, 0.5) is 5.82 Å². The molecular formula is C22H19N5O4. The number of primary amides is 1. The Morgan fingerprint density at radius 2 is 1.90 bits per heavy atom. The van der Waals surface area contributed by atoms with E-state index in [9.17, 15) is 14.7 Å². The number of amides is 2. The van der Waals surface area contributed by atoms with Crippen LogP contribution in [0.1, 0.15) is 43.2 Å². The predicted octanol–water partition coefficient (Wildman–Crippen LogP) is 2.36. The Balaban J connectivity index is 1.62. The minimum atomic E-state index is -0.855. The van der Waals surface area contributed by atoms with Gasteiger partial charge in [-0.25, -0.2) is 4.63 Å². The van der Waals surface area contributed by atoms with Crippen molar-refractivity contribution in [1.82, 2.24) is 15.3 Å². The van der Waals surface area contributed by atoms with Crippen LogP contribution in [-0.4, -0.2) is 32.2 Å². The van der Waals surface area contributed by atoms with Crippen LogP contribution in [0.15, 0.2) is 53.2 Å². The minimum Gasteiger partial charge on any atom is -0.392 e. The van der Waals surface area contributed by atoms with E-state index in [0.29, 0.717) is 12.0 Å².